The topological polar surface area (TPSA) is 50.7 Å². The van der Waals surface area contributed by atoms with Crippen molar-refractivity contribution in [3.63, 3.8) is 0 Å². The molecule has 0 spiro atoms. The molecule has 0 heterocycles. The van der Waals surface area contributed by atoms with E-state index in [0.717, 1.165) is 38.7 Å². The van der Waals surface area contributed by atoms with Crippen molar-refractivity contribution in [3.8, 4) is 0 Å². The van der Waals surface area contributed by atoms with Crippen LogP contribution in [0, 0.1) is 0 Å². The predicted molar refractivity (Wildman–Crippen MR) is 66.0 cm³/mol. The van der Waals surface area contributed by atoms with E-state index in [2.05, 4.69) is 5.32 Å². The molecule has 2 rings (SSSR count). The monoisotopic (exact) mass is 243 g/mol. The molecule has 2 saturated carbocycles. The number of ether oxygens (including phenoxy) is 2. The van der Waals surface area contributed by atoms with Crippen LogP contribution in [0.2, 0.25) is 0 Å². The summed E-state index contributed by atoms with van der Waals surface area (Å²) in [6.07, 6.45) is 5.51. The largest absolute Gasteiger partial charge is 0.389 e. The zero-order valence-corrected chi connectivity index (χ0v) is 10.9. The van der Waals surface area contributed by atoms with Crippen molar-refractivity contribution in [1.29, 1.82) is 0 Å². The Hall–Kier alpha value is -0.160. The molecule has 0 bridgehead atoms. The van der Waals surface area contributed by atoms with E-state index in [4.69, 9.17) is 9.47 Å². The Morgan fingerprint density at radius 1 is 1.35 bits per heavy atom. The van der Waals surface area contributed by atoms with Crippen molar-refractivity contribution in [1.82, 2.24) is 5.32 Å². The molecule has 17 heavy (non-hydrogen) atoms. The van der Waals surface area contributed by atoms with Crippen LogP contribution in [0.5, 0.6) is 0 Å². The molecule has 0 aromatic heterocycles. The van der Waals surface area contributed by atoms with Gasteiger partial charge in [0.15, 0.2) is 0 Å². The van der Waals surface area contributed by atoms with Crippen LogP contribution >= 0.6 is 0 Å². The molecule has 0 amide bonds. The lowest BCUT2D eigenvalue weighted by Crippen LogP contribution is -2.61. The number of rotatable bonds is 6. The minimum absolute atomic E-state index is 0.139. The molecule has 4 nitrogen and oxygen atoms in total. The van der Waals surface area contributed by atoms with E-state index in [1.807, 2.05) is 6.92 Å². The number of nitrogens with one attached hydrogen (secondary N) is 1. The molecule has 0 saturated heterocycles. The molecule has 0 radical (unpaired) electrons. The van der Waals surface area contributed by atoms with Crippen LogP contribution in [0.25, 0.3) is 0 Å². The Bertz CT molecular complexity index is 241. The first-order valence-corrected chi connectivity index (χ1v) is 6.79. The fraction of sp³-hybridized carbons (Fsp3) is 1.00. The maximum absolute atomic E-state index is 10.3. The Labute approximate surface area is 104 Å². The summed E-state index contributed by atoms with van der Waals surface area (Å²) in [5.41, 5.74) is -0.477. The summed E-state index contributed by atoms with van der Waals surface area (Å²) in [4.78, 5) is 0. The molecular formula is C13H25NO3. The van der Waals surface area contributed by atoms with Gasteiger partial charge in [-0.25, -0.2) is 0 Å². The van der Waals surface area contributed by atoms with Gasteiger partial charge >= 0.3 is 0 Å². The second kappa shape index (κ2) is 5.65. The highest BCUT2D eigenvalue weighted by atomic mass is 16.5. The minimum atomic E-state index is -0.477. The minimum Gasteiger partial charge on any atom is -0.389 e. The third kappa shape index (κ3) is 2.99. The van der Waals surface area contributed by atoms with Crippen LogP contribution in [-0.2, 0) is 9.47 Å². The molecule has 3 unspecified atom stereocenters. The highest BCUT2D eigenvalue weighted by Gasteiger charge is 2.43. The van der Waals surface area contributed by atoms with E-state index in [-0.39, 0.29) is 12.2 Å². The summed E-state index contributed by atoms with van der Waals surface area (Å²) in [6.45, 7) is 3.44. The standard InChI is InChI=1S/C13H25NO3/c1-3-17-11-8-10(12(11)16-2)14-9-13(15)6-4-5-7-13/h10-12,14-15H,3-9H2,1-2H3. The quantitative estimate of drug-likeness (QED) is 0.733. The van der Waals surface area contributed by atoms with E-state index in [0.29, 0.717) is 12.6 Å². The Kier molecular flexibility index (Phi) is 4.42. The zero-order chi connectivity index (χ0) is 12.3. The lowest BCUT2D eigenvalue weighted by Gasteiger charge is -2.44. The number of hydrogen-bond acceptors (Lipinski definition) is 4. The van der Waals surface area contributed by atoms with Crippen LogP contribution in [0.15, 0.2) is 0 Å². The van der Waals surface area contributed by atoms with Gasteiger partial charge in [-0.3, -0.25) is 0 Å². The van der Waals surface area contributed by atoms with E-state index in [1.165, 1.54) is 0 Å². The molecule has 2 aliphatic rings. The van der Waals surface area contributed by atoms with Crippen molar-refractivity contribution in [2.75, 3.05) is 20.3 Å². The van der Waals surface area contributed by atoms with Crippen LogP contribution in [0.4, 0.5) is 0 Å². The molecular weight excluding hydrogens is 218 g/mol. The van der Waals surface area contributed by atoms with Gasteiger partial charge in [0.25, 0.3) is 0 Å². The first-order valence-electron chi connectivity index (χ1n) is 6.79. The Balaban J connectivity index is 1.73. The fourth-order valence-electron chi connectivity index (χ4n) is 3.01. The molecule has 2 aliphatic carbocycles. The van der Waals surface area contributed by atoms with E-state index >= 15 is 0 Å². The van der Waals surface area contributed by atoms with Gasteiger partial charge in [-0.05, 0) is 26.2 Å². The van der Waals surface area contributed by atoms with Crippen molar-refractivity contribution in [2.45, 2.75) is 62.9 Å². The SMILES string of the molecule is CCOC1CC(NCC2(O)CCCC2)C1OC. The molecule has 0 aromatic rings. The van der Waals surface area contributed by atoms with Crippen LogP contribution < -0.4 is 5.32 Å². The van der Waals surface area contributed by atoms with Gasteiger partial charge in [-0.15, -0.1) is 0 Å². The maximum atomic E-state index is 10.3. The smallest absolute Gasteiger partial charge is 0.0986 e. The third-order valence-corrected chi connectivity index (χ3v) is 4.13. The summed E-state index contributed by atoms with van der Waals surface area (Å²) in [5, 5.41) is 13.7. The molecule has 0 aliphatic heterocycles. The first-order chi connectivity index (χ1) is 8.18. The van der Waals surface area contributed by atoms with Crippen molar-refractivity contribution in [3.05, 3.63) is 0 Å². The predicted octanol–water partition coefficient (Wildman–Crippen LogP) is 1.07. The van der Waals surface area contributed by atoms with Crippen molar-refractivity contribution < 1.29 is 14.6 Å². The highest BCUT2D eigenvalue weighted by Crippen LogP contribution is 2.31. The Morgan fingerprint density at radius 3 is 2.65 bits per heavy atom. The average Bonchev–Trinajstić information content (AvgIpc) is 2.70. The molecule has 100 valence electrons. The number of hydrogen-bond donors (Lipinski definition) is 2. The molecule has 3 atom stereocenters. The summed E-state index contributed by atoms with van der Waals surface area (Å²) < 4.78 is 11.0. The van der Waals surface area contributed by atoms with Gasteiger partial charge in [-0.2, -0.15) is 0 Å². The molecule has 2 fully saturated rings. The summed E-state index contributed by atoms with van der Waals surface area (Å²) in [5.74, 6) is 0. The van der Waals surface area contributed by atoms with Gasteiger partial charge in [-0.1, -0.05) is 12.8 Å². The maximum Gasteiger partial charge on any atom is 0.0986 e. The normalized spacial score (nSPS) is 35.8. The lowest BCUT2D eigenvalue weighted by molar-refractivity contribution is -0.134. The summed E-state index contributed by atoms with van der Waals surface area (Å²) in [6, 6.07) is 0.334. The second-order valence-corrected chi connectivity index (χ2v) is 5.35. The van der Waals surface area contributed by atoms with Gasteiger partial charge in [0.1, 0.15) is 0 Å². The highest BCUT2D eigenvalue weighted by molar-refractivity contribution is 4.99. The number of methoxy groups -OCH3 is 1. The van der Waals surface area contributed by atoms with E-state index < -0.39 is 5.60 Å². The van der Waals surface area contributed by atoms with E-state index in [1.54, 1.807) is 7.11 Å². The van der Waals surface area contributed by atoms with Crippen LogP contribution in [0.3, 0.4) is 0 Å². The molecule has 2 N–H and O–H groups in total. The van der Waals surface area contributed by atoms with Gasteiger partial charge < -0.3 is 19.9 Å². The fourth-order valence-corrected chi connectivity index (χ4v) is 3.01. The first kappa shape index (κ1) is 13.3. The zero-order valence-electron chi connectivity index (χ0n) is 10.9. The van der Waals surface area contributed by atoms with E-state index in [9.17, 15) is 5.11 Å². The van der Waals surface area contributed by atoms with Crippen molar-refractivity contribution in [2.24, 2.45) is 0 Å². The van der Waals surface area contributed by atoms with Crippen LogP contribution in [-0.4, -0.2) is 49.2 Å². The van der Waals surface area contributed by atoms with Crippen molar-refractivity contribution >= 4 is 0 Å². The van der Waals surface area contributed by atoms with Gasteiger partial charge in [0.2, 0.25) is 0 Å². The summed E-state index contributed by atoms with van der Waals surface area (Å²) in [7, 11) is 1.73. The van der Waals surface area contributed by atoms with Gasteiger partial charge in [0.05, 0.1) is 17.8 Å². The average molecular weight is 243 g/mol. The lowest BCUT2D eigenvalue weighted by atomic mass is 9.84. The Morgan fingerprint density at radius 2 is 2.06 bits per heavy atom. The molecule has 0 aromatic carbocycles. The van der Waals surface area contributed by atoms with Crippen LogP contribution in [0.1, 0.15) is 39.0 Å². The second-order valence-electron chi connectivity index (χ2n) is 5.35. The summed E-state index contributed by atoms with van der Waals surface area (Å²) >= 11 is 0. The number of aliphatic hydroxyl groups is 1. The molecule has 4 heteroatoms. The third-order valence-electron chi connectivity index (χ3n) is 4.13. The van der Waals surface area contributed by atoms with Gasteiger partial charge in [0, 0.05) is 26.3 Å².